The molecule has 1 aromatic carbocycles. The Bertz CT molecular complexity index is 213. The Morgan fingerprint density at radius 1 is 1.27 bits per heavy atom. The predicted octanol–water partition coefficient (Wildman–Crippen LogP) is 3.80. The maximum Gasteiger partial charge on any atom is 0.0130 e. The first-order chi connectivity index (χ1) is 5.24. The monoisotopic (exact) mass is 260 g/mol. The maximum atomic E-state index is 2.33. The molecule has 1 heteroatoms. The summed E-state index contributed by atoms with van der Waals surface area (Å²) in [4.78, 5) is 0. The standard InChI is InChI=1S/C10H13I/c1-3-8(2)9-4-6-10(11)7-5-9/h4-8H,3H2,1-2H3. The van der Waals surface area contributed by atoms with E-state index in [0.717, 1.165) is 0 Å². The Labute approximate surface area is 82.2 Å². The van der Waals surface area contributed by atoms with Gasteiger partial charge in [0.2, 0.25) is 0 Å². The van der Waals surface area contributed by atoms with Crippen molar-refractivity contribution in [1.82, 2.24) is 0 Å². The molecule has 1 unspecified atom stereocenters. The minimum atomic E-state index is 0.701. The lowest BCUT2D eigenvalue weighted by Gasteiger charge is -2.07. The van der Waals surface area contributed by atoms with Crippen LogP contribution in [0.15, 0.2) is 24.3 Å². The van der Waals surface area contributed by atoms with E-state index in [-0.39, 0.29) is 0 Å². The summed E-state index contributed by atoms with van der Waals surface area (Å²) in [6.45, 7) is 4.49. The summed E-state index contributed by atoms with van der Waals surface area (Å²) >= 11 is 2.33. The Morgan fingerprint density at radius 3 is 2.27 bits per heavy atom. The van der Waals surface area contributed by atoms with Crippen molar-refractivity contribution in [2.24, 2.45) is 0 Å². The lowest BCUT2D eigenvalue weighted by Crippen LogP contribution is -1.89. The number of halogens is 1. The average Bonchev–Trinajstić information content (AvgIpc) is 2.05. The first-order valence-corrected chi connectivity index (χ1v) is 5.07. The molecular weight excluding hydrogens is 247 g/mol. The van der Waals surface area contributed by atoms with E-state index < -0.39 is 0 Å². The molecule has 0 nitrogen and oxygen atoms in total. The molecule has 0 aliphatic rings. The molecule has 0 heterocycles. The highest BCUT2D eigenvalue weighted by Gasteiger charge is 2.00. The smallest absolute Gasteiger partial charge is 0.0130 e. The fourth-order valence-electron chi connectivity index (χ4n) is 1.03. The van der Waals surface area contributed by atoms with Crippen LogP contribution < -0.4 is 0 Å². The van der Waals surface area contributed by atoms with Gasteiger partial charge < -0.3 is 0 Å². The molecule has 0 radical (unpaired) electrons. The summed E-state index contributed by atoms with van der Waals surface area (Å²) in [5.41, 5.74) is 1.45. The zero-order chi connectivity index (χ0) is 8.27. The van der Waals surface area contributed by atoms with Crippen LogP contribution in [0.25, 0.3) is 0 Å². The molecule has 1 rings (SSSR count). The van der Waals surface area contributed by atoms with Gasteiger partial charge in [0.15, 0.2) is 0 Å². The van der Waals surface area contributed by atoms with Gasteiger partial charge in [-0.05, 0) is 52.6 Å². The molecular formula is C10H13I. The van der Waals surface area contributed by atoms with Gasteiger partial charge in [-0.3, -0.25) is 0 Å². The van der Waals surface area contributed by atoms with Crippen LogP contribution in [0.1, 0.15) is 31.7 Å². The van der Waals surface area contributed by atoms with E-state index in [0.29, 0.717) is 5.92 Å². The summed E-state index contributed by atoms with van der Waals surface area (Å²) in [5, 5.41) is 0. The second kappa shape index (κ2) is 4.10. The van der Waals surface area contributed by atoms with Gasteiger partial charge in [0, 0.05) is 3.57 Å². The van der Waals surface area contributed by atoms with Crippen molar-refractivity contribution in [3.8, 4) is 0 Å². The molecule has 11 heavy (non-hydrogen) atoms. The minimum absolute atomic E-state index is 0.701. The van der Waals surface area contributed by atoms with Crippen LogP contribution in [-0.4, -0.2) is 0 Å². The van der Waals surface area contributed by atoms with E-state index in [2.05, 4.69) is 60.7 Å². The quantitative estimate of drug-likeness (QED) is 0.709. The van der Waals surface area contributed by atoms with Gasteiger partial charge in [0.1, 0.15) is 0 Å². The largest absolute Gasteiger partial charge is 0.0648 e. The first-order valence-electron chi connectivity index (χ1n) is 3.99. The molecule has 0 saturated carbocycles. The molecule has 1 atom stereocenters. The van der Waals surface area contributed by atoms with E-state index >= 15 is 0 Å². The SMILES string of the molecule is CCC(C)c1ccc(I)cc1. The van der Waals surface area contributed by atoms with Gasteiger partial charge in [-0.15, -0.1) is 0 Å². The van der Waals surface area contributed by atoms with Crippen LogP contribution in [0.3, 0.4) is 0 Å². The lowest BCUT2D eigenvalue weighted by atomic mass is 9.99. The van der Waals surface area contributed by atoms with Crippen LogP contribution in [0.5, 0.6) is 0 Å². The molecule has 0 bridgehead atoms. The molecule has 0 amide bonds. The molecule has 0 N–H and O–H groups in total. The molecule has 0 aliphatic carbocycles. The van der Waals surface area contributed by atoms with Gasteiger partial charge in [-0.1, -0.05) is 26.0 Å². The van der Waals surface area contributed by atoms with Crippen molar-refractivity contribution in [3.63, 3.8) is 0 Å². The Morgan fingerprint density at radius 2 is 1.82 bits per heavy atom. The third-order valence-corrected chi connectivity index (χ3v) is 2.77. The summed E-state index contributed by atoms with van der Waals surface area (Å²) in [6.07, 6.45) is 1.22. The van der Waals surface area contributed by atoms with Crippen LogP contribution >= 0.6 is 22.6 Å². The lowest BCUT2D eigenvalue weighted by molar-refractivity contribution is 0.733. The topological polar surface area (TPSA) is 0 Å². The highest BCUT2D eigenvalue weighted by atomic mass is 127. The second-order valence-corrected chi connectivity index (χ2v) is 4.11. The zero-order valence-corrected chi connectivity index (χ0v) is 9.13. The van der Waals surface area contributed by atoms with Crippen LogP contribution in [-0.2, 0) is 0 Å². The summed E-state index contributed by atoms with van der Waals surface area (Å²) in [6, 6.07) is 8.77. The molecule has 0 aromatic heterocycles. The number of hydrogen-bond acceptors (Lipinski definition) is 0. The van der Waals surface area contributed by atoms with E-state index in [1.165, 1.54) is 15.6 Å². The molecule has 1 aromatic rings. The van der Waals surface area contributed by atoms with Crippen molar-refractivity contribution < 1.29 is 0 Å². The number of benzene rings is 1. The van der Waals surface area contributed by atoms with Crippen molar-refractivity contribution in [2.75, 3.05) is 0 Å². The second-order valence-electron chi connectivity index (χ2n) is 2.86. The summed E-state index contributed by atoms with van der Waals surface area (Å²) in [5.74, 6) is 0.701. The highest BCUT2D eigenvalue weighted by Crippen LogP contribution is 2.18. The molecule has 60 valence electrons. The van der Waals surface area contributed by atoms with Crippen molar-refractivity contribution in [1.29, 1.82) is 0 Å². The van der Waals surface area contributed by atoms with Crippen molar-refractivity contribution in [3.05, 3.63) is 33.4 Å². The van der Waals surface area contributed by atoms with Gasteiger partial charge in [0.05, 0.1) is 0 Å². The fraction of sp³-hybridized carbons (Fsp3) is 0.400. The summed E-state index contributed by atoms with van der Waals surface area (Å²) in [7, 11) is 0. The molecule has 0 spiro atoms. The molecule has 0 saturated heterocycles. The maximum absolute atomic E-state index is 2.33. The van der Waals surface area contributed by atoms with Gasteiger partial charge in [-0.25, -0.2) is 0 Å². The van der Waals surface area contributed by atoms with Gasteiger partial charge >= 0.3 is 0 Å². The minimum Gasteiger partial charge on any atom is -0.0648 e. The van der Waals surface area contributed by atoms with Gasteiger partial charge in [-0.2, -0.15) is 0 Å². The van der Waals surface area contributed by atoms with Crippen molar-refractivity contribution >= 4 is 22.6 Å². The predicted molar refractivity (Wildman–Crippen MR) is 57.9 cm³/mol. The Hall–Kier alpha value is -0.0500. The Kier molecular flexibility index (Phi) is 3.37. The fourth-order valence-corrected chi connectivity index (χ4v) is 1.39. The molecule has 0 fully saturated rings. The van der Waals surface area contributed by atoms with Gasteiger partial charge in [0.25, 0.3) is 0 Å². The highest BCUT2D eigenvalue weighted by molar-refractivity contribution is 14.1. The van der Waals surface area contributed by atoms with E-state index in [1.807, 2.05) is 0 Å². The third-order valence-electron chi connectivity index (χ3n) is 2.05. The number of rotatable bonds is 2. The van der Waals surface area contributed by atoms with Crippen LogP contribution in [0, 0.1) is 3.57 Å². The summed E-state index contributed by atoms with van der Waals surface area (Å²) < 4.78 is 1.31. The normalized spacial score (nSPS) is 13.0. The van der Waals surface area contributed by atoms with E-state index in [4.69, 9.17) is 0 Å². The van der Waals surface area contributed by atoms with Crippen molar-refractivity contribution in [2.45, 2.75) is 26.2 Å². The average molecular weight is 260 g/mol. The van der Waals surface area contributed by atoms with Crippen LogP contribution in [0.4, 0.5) is 0 Å². The first kappa shape index (κ1) is 9.04. The molecule has 0 aliphatic heterocycles. The Balaban J connectivity index is 2.81. The third kappa shape index (κ3) is 2.47. The van der Waals surface area contributed by atoms with Crippen LogP contribution in [0.2, 0.25) is 0 Å². The number of hydrogen-bond donors (Lipinski definition) is 0. The van der Waals surface area contributed by atoms with E-state index in [9.17, 15) is 0 Å². The van der Waals surface area contributed by atoms with E-state index in [1.54, 1.807) is 0 Å². The zero-order valence-electron chi connectivity index (χ0n) is 6.97.